The molecule has 0 saturated carbocycles. The van der Waals surface area contributed by atoms with Crippen molar-refractivity contribution < 1.29 is 0 Å². The molecule has 0 aliphatic heterocycles. The number of imidazole rings is 1. The van der Waals surface area contributed by atoms with Gasteiger partial charge in [-0.2, -0.15) is 0 Å². The van der Waals surface area contributed by atoms with Gasteiger partial charge in [0.05, 0.1) is 16.4 Å². The van der Waals surface area contributed by atoms with Crippen LogP contribution in [0.1, 0.15) is 22.3 Å². The van der Waals surface area contributed by atoms with Gasteiger partial charge in [0.2, 0.25) is 0 Å². The summed E-state index contributed by atoms with van der Waals surface area (Å²) in [6, 6.07) is 66.6. The maximum Gasteiger partial charge on any atom is 0.145 e. The van der Waals surface area contributed by atoms with Gasteiger partial charge < -0.3 is 0 Å². The van der Waals surface area contributed by atoms with E-state index in [0.717, 1.165) is 28.1 Å². The van der Waals surface area contributed by atoms with Crippen molar-refractivity contribution in [2.75, 3.05) is 0 Å². The van der Waals surface area contributed by atoms with Gasteiger partial charge in [-0.15, -0.1) is 0 Å². The Hall–Kier alpha value is -6.51. The van der Waals surface area contributed by atoms with Crippen LogP contribution in [0.4, 0.5) is 0 Å². The first-order chi connectivity index (χ1) is 24.8. The van der Waals surface area contributed by atoms with Crippen LogP contribution < -0.4 is 0 Å². The molecule has 0 unspecified atom stereocenters. The largest absolute Gasteiger partial charge is 0.292 e. The fourth-order valence-corrected chi connectivity index (χ4v) is 9.06. The number of para-hydroxylation sites is 2. The van der Waals surface area contributed by atoms with Crippen LogP contribution in [0.3, 0.4) is 0 Å². The molecule has 0 amide bonds. The second-order valence-electron chi connectivity index (χ2n) is 13.4. The van der Waals surface area contributed by atoms with Gasteiger partial charge in [0.15, 0.2) is 0 Å². The van der Waals surface area contributed by atoms with E-state index in [1.807, 2.05) is 0 Å². The Balaban J connectivity index is 1.14. The lowest BCUT2D eigenvalue weighted by Gasteiger charge is -2.40. The lowest BCUT2D eigenvalue weighted by atomic mass is 9.61. The molecule has 0 radical (unpaired) electrons. The van der Waals surface area contributed by atoms with Crippen molar-refractivity contribution in [3.63, 3.8) is 0 Å². The standard InChI is InChI=1S/C48H30N2/c1-2-13-32(14-3-1)47-49-44-23-10-11-24-45(44)50(47)33-27-25-31(26-28-33)34-29-30-39-37-17-6-9-21-42(37)48(43-22-12-18-38(34)46(39)43)40-19-7-4-15-35(40)36-16-5-8-20-41(36)48/h1-30H. The summed E-state index contributed by atoms with van der Waals surface area (Å²) in [7, 11) is 0. The molecule has 8 aromatic carbocycles. The minimum Gasteiger partial charge on any atom is -0.292 e. The summed E-state index contributed by atoms with van der Waals surface area (Å²) in [5, 5.41) is 2.62. The predicted molar refractivity (Wildman–Crippen MR) is 206 cm³/mol. The molecule has 2 nitrogen and oxygen atoms in total. The summed E-state index contributed by atoms with van der Waals surface area (Å²) in [6.07, 6.45) is 0. The quantitative estimate of drug-likeness (QED) is 0.189. The molecule has 2 heteroatoms. The van der Waals surface area contributed by atoms with Crippen molar-refractivity contribution in [1.82, 2.24) is 9.55 Å². The molecule has 1 heterocycles. The third kappa shape index (κ3) is 3.55. The van der Waals surface area contributed by atoms with Gasteiger partial charge in [-0.3, -0.25) is 4.57 Å². The van der Waals surface area contributed by atoms with E-state index in [9.17, 15) is 0 Å². The number of hydrogen-bond donors (Lipinski definition) is 0. The zero-order chi connectivity index (χ0) is 32.8. The predicted octanol–water partition coefficient (Wildman–Crippen LogP) is 11.9. The van der Waals surface area contributed by atoms with Crippen LogP contribution in [0.15, 0.2) is 182 Å². The minimum atomic E-state index is -0.394. The molecule has 0 saturated heterocycles. The molecule has 0 N–H and O–H groups in total. The Morgan fingerprint density at radius 1 is 0.380 bits per heavy atom. The Bertz CT molecular complexity index is 2760. The lowest BCUT2D eigenvalue weighted by Crippen LogP contribution is -2.31. The summed E-state index contributed by atoms with van der Waals surface area (Å²) in [5.41, 5.74) is 17.0. The summed E-state index contributed by atoms with van der Waals surface area (Å²) in [6.45, 7) is 0. The summed E-state index contributed by atoms with van der Waals surface area (Å²) < 4.78 is 2.28. The van der Waals surface area contributed by atoms with Crippen molar-refractivity contribution in [2.45, 2.75) is 5.41 Å². The van der Waals surface area contributed by atoms with E-state index in [2.05, 4.69) is 187 Å². The highest BCUT2D eigenvalue weighted by molar-refractivity contribution is 6.11. The Labute approximate surface area is 290 Å². The van der Waals surface area contributed by atoms with E-state index in [1.54, 1.807) is 0 Å². The van der Waals surface area contributed by atoms with E-state index in [4.69, 9.17) is 4.98 Å². The zero-order valence-electron chi connectivity index (χ0n) is 27.2. The topological polar surface area (TPSA) is 17.8 Å². The van der Waals surface area contributed by atoms with Crippen molar-refractivity contribution in [3.8, 4) is 50.5 Å². The van der Waals surface area contributed by atoms with Crippen molar-refractivity contribution in [2.24, 2.45) is 0 Å². The van der Waals surface area contributed by atoms with Crippen LogP contribution in [0, 0.1) is 0 Å². The van der Waals surface area contributed by atoms with E-state index in [-0.39, 0.29) is 0 Å². The maximum absolute atomic E-state index is 5.06. The molecular weight excluding hydrogens is 605 g/mol. The summed E-state index contributed by atoms with van der Waals surface area (Å²) >= 11 is 0. The van der Waals surface area contributed by atoms with Gasteiger partial charge in [0.1, 0.15) is 5.82 Å². The van der Waals surface area contributed by atoms with Gasteiger partial charge >= 0.3 is 0 Å². The Morgan fingerprint density at radius 3 is 1.64 bits per heavy atom. The van der Waals surface area contributed by atoms with Crippen molar-refractivity contribution in [3.05, 3.63) is 204 Å². The SMILES string of the molecule is c1ccc(-c2nc3ccccc3n2-c2ccc(-c3ccc4c5c(cccc35)C3(c5ccccc5-c5ccccc53)c3ccccc3-4)cc2)cc1. The van der Waals surface area contributed by atoms with Crippen LogP contribution in [0.2, 0.25) is 0 Å². The normalized spacial score (nSPS) is 13.4. The van der Waals surface area contributed by atoms with Crippen molar-refractivity contribution in [1.29, 1.82) is 0 Å². The maximum atomic E-state index is 5.06. The van der Waals surface area contributed by atoms with E-state index >= 15 is 0 Å². The summed E-state index contributed by atoms with van der Waals surface area (Å²) in [4.78, 5) is 5.06. The number of benzene rings is 8. The number of nitrogens with zero attached hydrogens (tertiary/aromatic N) is 2. The van der Waals surface area contributed by atoms with Gasteiger partial charge in [-0.05, 0) is 90.7 Å². The van der Waals surface area contributed by atoms with Crippen LogP contribution in [-0.2, 0) is 5.41 Å². The van der Waals surface area contributed by atoms with E-state index in [1.165, 1.54) is 66.4 Å². The molecule has 0 fully saturated rings. The monoisotopic (exact) mass is 634 g/mol. The third-order valence-corrected chi connectivity index (χ3v) is 11.0. The molecule has 232 valence electrons. The Morgan fingerprint density at radius 2 is 0.940 bits per heavy atom. The lowest BCUT2D eigenvalue weighted by molar-refractivity contribution is 0.773. The van der Waals surface area contributed by atoms with Crippen molar-refractivity contribution >= 4 is 21.8 Å². The molecule has 2 aliphatic rings. The second-order valence-corrected chi connectivity index (χ2v) is 13.4. The van der Waals surface area contributed by atoms with Crippen LogP contribution in [0.5, 0.6) is 0 Å². The number of rotatable bonds is 3. The molecule has 1 aromatic heterocycles. The van der Waals surface area contributed by atoms with E-state index in [0.29, 0.717) is 0 Å². The second kappa shape index (κ2) is 10.2. The van der Waals surface area contributed by atoms with Gasteiger partial charge in [-0.1, -0.05) is 158 Å². The fourth-order valence-electron chi connectivity index (χ4n) is 9.06. The molecular formula is C48H30N2. The molecule has 11 rings (SSSR count). The van der Waals surface area contributed by atoms with Crippen LogP contribution >= 0.6 is 0 Å². The molecule has 2 aliphatic carbocycles. The highest BCUT2D eigenvalue weighted by Crippen LogP contribution is 2.62. The number of fused-ring (bicyclic) bond motifs is 10. The number of hydrogen-bond acceptors (Lipinski definition) is 1. The van der Waals surface area contributed by atoms with Gasteiger partial charge in [-0.25, -0.2) is 4.98 Å². The average molecular weight is 635 g/mol. The molecule has 50 heavy (non-hydrogen) atoms. The highest BCUT2D eigenvalue weighted by atomic mass is 15.1. The first kappa shape index (κ1) is 27.4. The first-order valence-electron chi connectivity index (χ1n) is 17.3. The highest BCUT2D eigenvalue weighted by Gasteiger charge is 2.49. The Kier molecular flexibility index (Phi) is 5.62. The first-order valence-corrected chi connectivity index (χ1v) is 17.3. The number of aromatic nitrogens is 2. The van der Waals surface area contributed by atoms with Gasteiger partial charge in [0.25, 0.3) is 0 Å². The van der Waals surface area contributed by atoms with Gasteiger partial charge in [0, 0.05) is 11.3 Å². The minimum absolute atomic E-state index is 0.394. The van der Waals surface area contributed by atoms with E-state index < -0.39 is 5.41 Å². The molecule has 0 bridgehead atoms. The molecule has 9 aromatic rings. The summed E-state index contributed by atoms with van der Waals surface area (Å²) in [5.74, 6) is 0.947. The zero-order valence-corrected chi connectivity index (χ0v) is 27.2. The van der Waals surface area contributed by atoms with Crippen LogP contribution in [-0.4, -0.2) is 9.55 Å². The third-order valence-electron chi connectivity index (χ3n) is 11.0. The average Bonchev–Trinajstić information content (AvgIpc) is 3.72. The van der Waals surface area contributed by atoms with Crippen LogP contribution in [0.25, 0.3) is 72.3 Å². The smallest absolute Gasteiger partial charge is 0.145 e. The molecule has 0 atom stereocenters. The fraction of sp³-hybridized carbons (Fsp3) is 0.0208. The molecule has 1 spiro atoms.